The molecule has 2 rings (SSSR count). The van der Waals surface area contributed by atoms with Crippen molar-refractivity contribution in [3.63, 3.8) is 0 Å². The molecular formula is C13H19N3O. The van der Waals surface area contributed by atoms with Crippen molar-refractivity contribution in [2.75, 3.05) is 0 Å². The Hall–Kier alpha value is -1.42. The van der Waals surface area contributed by atoms with Gasteiger partial charge in [-0.2, -0.15) is 5.10 Å². The van der Waals surface area contributed by atoms with E-state index >= 15 is 0 Å². The van der Waals surface area contributed by atoms with Gasteiger partial charge in [-0.25, -0.2) is 9.50 Å². The molecule has 0 amide bonds. The second kappa shape index (κ2) is 4.11. The Kier molecular flexibility index (Phi) is 2.91. The third-order valence-corrected chi connectivity index (χ3v) is 3.00. The molecule has 1 unspecified atom stereocenters. The Morgan fingerprint density at radius 1 is 1.35 bits per heavy atom. The molecule has 4 nitrogen and oxygen atoms in total. The molecule has 92 valence electrons. The first kappa shape index (κ1) is 12.0. The lowest BCUT2D eigenvalue weighted by molar-refractivity contribution is 0.0623. The van der Waals surface area contributed by atoms with Gasteiger partial charge in [-0.1, -0.05) is 20.8 Å². The van der Waals surface area contributed by atoms with Crippen LogP contribution in [-0.2, 0) is 6.42 Å². The zero-order valence-corrected chi connectivity index (χ0v) is 10.8. The van der Waals surface area contributed by atoms with Gasteiger partial charge in [0.15, 0.2) is 5.65 Å². The molecule has 0 fully saturated rings. The SMILES string of the molecule is Cc1cc(CC(O)C(C)(C)C)n2ncnc2c1. The maximum absolute atomic E-state index is 10.2. The third kappa shape index (κ3) is 2.47. The van der Waals surface area contributed by atoms with Crippen LogP contribution in [0.1, 0.15) is 32.0 Å². The van der Waals surface area contributed by atoms with Crippen molar-refractivity contribution in [3.8, 4) is 0 Å². The topological polar surface area (TPSA) is 50.4 Å². The number of aromatic nitrogens is 3. The summed E-state index contributed by atoms with van der Waals surface area (Å²) in [7, 11) is 0. The molecule has 1 atom stereocenters. The van der Waals surface area contributed by atoms with E-state index in [1.165, 1.54) is 0 Å². The van der Waals surface area contributed by atoms with E-state index in [0.717, 1.165) is 16.9 Å². The van der Waals surface area contributed by atoms with Gasteiger partial charge in [-0.3, -0.25) is 0 Å². The van der Waals surface area contributed by atoms with Crippen molar-refractivity contribution in [1.29, 1.82) is 0 Å². The molecule has 0 radical (unpaired) electrons. The predicted octanol–water partition coefficient (Wildman–Crippen LogP) is 1.99. The predicted molar refractivity (Wildman–Crippen MR) is 66.9 cm³/mol. The second-order valence-electron chi connectivity index (χ2n) is 5.64. The molecule has 1 N–H and O–H groups in total. The number of pyridine rings is 1. The average molecular weight is 233 g/mol. The lowest BCUT2D eigenvalue weighted by Crippen LogP contribution is -2.29. The molecule has 2 aromatic rings. The monoisotopic (exact) mass is 233 g/mol. The summed E-state index contributed by atoms with van der Waals surface area (Å²) in [5, 5.41) is 14.4. The Morgan fingerprint density at radius 2 is 2.06 bits per heavy atom. The summed E-state index contributed by atoms with van der Waals surface area (Å²) in [6, 6.07) is 4.04. The summed E-state index contributed by atoms with van der Waals surface area (Å²) in [6.07, 6.45) is 1.74. The second-order valence-corrected chi connectivity index (χ2v) is 5.64. The molecule has 0 aliphatic rings. The lowest BCUT2D eigenvalue weighted by Gasteiger charge is -2.26. The average Bonchev–Trinajstić information content (AvgIpc) is 2.63. The van der Waals surface area contributed by atoms with Crippen molar-refractivity contribution in [2.45, 2.75) is 40.2 Å². The van der Waals surface area contributed by atoms with Crippen LogP contribution >= 0.6 is 0 Å². The molecule has 0 saturated heterocycles. The Balaban J connectivity index is 2.38. The zero-order chi connectivity index (χ0) is 12.6. The highest BCUT2D eigenvalue weighted by atomic mass is 16.3. The zero-order valence-electron chi connectivity index (χ0n) is 10.8. The van der Waals surface area contributed by atoms with Crippen LogP contribution in [0.4, 0.5) is 0 Å². The molecule has 0 aliphatic heterocycles. The summed E-state index contributed by atoms with van der Waals surface area (Å²) in [5.74, 6) is 0. The van der Waals surface area contributed by atoms with Gasteiger partial charge in [0.1, 0.15) is 6.33 Å². The fraction of sp³-hybridized carbons (Fsp3) is 0.538. The molecule has 0 spiro atoms. The standard InChI is InChI=1S/C13H19N3O/c1-9-5-10(7-11(17)13(2,3)4)16-12(6-9)14-8-15-16/h5-6,8,11,17H,7H2,1-4H3. The van der Waals surface area contributed by atoms with Gasteiger partial charge in [-0.15, -0.1) is 0 Å². The van der Waals surface area contributed by atoms with E-state index in [9.17, 15) is 5.11 Å². The van der Waals surface area contributed by atoms with E-state index in [1.54, 1.807) is 10.8 Å². The van der Waals surface area contributed by atoms with Crippen molar-refractivity contribution < 1.29 is 5.11 Å². The molecule has 2 heterocycles. The molecule has 0 aromatic carbocycles. The number of aliphatic hydroxyl groups is 1. The number of aliphatic hydroxyl groups excluding tert-OH is 1. The van der Waals surface area contributed by atoms with Crippen LogP contribution in [0.5, 0.6) is 0 Å². The number of hydrogen-bond acceptors (Lipinski definition) is 3. The Morgan fingerprint density at radius 3 is 2.71 bits per heavy atom. The van der Waals surface area contributed by atoms with Crippen LogP contribution < -0.4 is 0 Å². The maximum Gasteiger partial charge on any atom is 0.155 e. The Labute approximate surface area is 101 Å². The summed E-state index contributed by atoms with van der Waals surface area (Å²) < 4.78 is 1.79. The van der Waals surface area contributed by atoms with E-state index < -0.39 is 6.10 Å². The minimum absolute atomic E-state index is 0.128. The summed E-state index contributed by atoms with van der Waals surface area (Å²) >= 11 is 0. The van der Waals surface area contributed by atoms with Gasteiger partial charge in [0.05, 0.1) is 6.10 Å². The highest BCUT2D eigenvalue weighted by Crippen LogP contribution is 2.22. The number of hydrogen-bond donors (Lipinski definition) is 1. The van der Waals surface area contributed by atoms with E-state index in [-0.39, 0.29) is 5.41 Å². The van der Waals surface area contributed by atoms with Crippen molar-refractivity contribution >= 4 is 5.65 Å². The quantitative estimate of drug-likeness (QED) is 0.863. The van der Waals surface area contributed by atoms with Crippen LogP contribution in [-0.4, -0.2) is 25.8 Å². The van der Waals surface area contributed by atoms with Crippen molar-refractivity contribution in [2.24, 2.45) is 5.41 Å². The summed E-state index contributed by atoms with van der Waals surface area (Å²) in [6.45, 7) is 8.13. The lowest BCUT2D eigenvalue weighted by atomic mass is 9.86. The van der Waals surface area contributed by atoms with Gasteiger partial charge in [0, 0.05) is 12.1 Å². The van der Waals surface area contributed by atoms with Crippen LogP contribution in [0.3, 0.4) is 0 Å². The minimum atomic E-state index is -0.392. The first-order chi connectivity index (χ1) is 7.88. The highest BCUT2D eigenvalue weighted by molar-refractivity contribution is 5.41. The van der Waals surface area contributed by atoms with Crippen LogP contribution in [0.25, 0.3) is 5.65 Å². The van der Waals surface area contributed by atoms with Crippen molar-refractivity contribution in [1.82, 2.24) is 14.6 Å². The fourth-order valence-electron chi connectivity index (χ4n) is 1.79. The third-order valence-electron chi connectivity index (χ3n) is 3.00. The summed E-state index contributed by atoms with van der Waals surface area (Å²) in [5.41, 5.74) is 2.85. The minimum Gasteiger partial charge on any atom is -0.392 e. The largest absolute Gasteiger partial charge is 0.392 e. The first-order valence-corrected chi connectivity index (χ1v) is 5.85. The maximum atomic E-state index is 10.2. The molecule has 0 bridgehead atoms. The van der Waals surface area contributed by atoms with Gasteiger partial charge < -0.3 is 5.11 Å². The van der Waals surface area contributed by atoms with Gasteiger partial charge in [0.2, 0.25) is 0 Å². The van der Waals surface area contributed by atoms with Crippen molar-refractivity contribution in [3.05, 3.63) is 29.7 Å². The van der Waals surface area contributed by atoms with Gasteiger partial charge >= 0.3 is 0 Å². The molecule has 0 saturated carbocycles. The van der Waals surface area contributed by atoms with Crippen LogP contribution in [0, 0.1) is 12.3 Å². The molecule has 4 heteroatoms. The molecule has 17 heavy (non-hydrogen) atoms. The first-order valence-electron chi connectivity index (χ1n) is 5.85. The van der Waals surface area contributed by atoms with Crippen LogP contribution in [0.15, 0.2) is 18.5 Å². The van der Waals surface area contributed by atoms with E-state index in [2.05, 4.69) is 16.1 Å². The molecule has 0 aliphatic carbocycles. The number of fused-ring (bicyclic) bond motifs is 1. The normalized spacial score (nSPS) is 14.2. The van der Waals surface area contributed by atoms with E-state index in [4.69, 9.17) is 0 Å². The molecular weight excluding hydrogens is 214 g/mol. The molecule has 2 aromatic heterocycles. The highest BCUT2D eigenvalue weighted by Gasteiger charge is 2.23. The fourth-order valence-corrected chi connectivity index (χ4v) is 1.79. The van der Waals surface area contributed by atoms with Gasteiger partial charge in [0.25, 0.3) is 0 Å². The van der Waals surface area contributed by atoms with Crippen LogP contribution in [0.2, 0.25) is 0 Å². The number of aryl methyl sites for hydroxylation is 1. The Bertz CT molecular complexity index is 525. The summed E-state index contributed by atoms with van der Waals surface area (Å²) in [4.78, 5) is 4.18. The smallest absolute Gasteiger partial charge is 0.155 e. The van der Waals surface area contributed by atoms with E-state index in [1.807, 2.05) is 33.8 Å². The van der Waals surface area contributed by atoms with E-state index in [0.29, 0.717) is 6.42 Å². The number of rotatable bonds is 2. The number of nitrogens with zero attached hydrogens (tertiary/aromatic N) is 3. The van der Waals surface area contributed by atoms with Gasteiger partial charge in [-0.05, 0) is 30.0 Å².